The summed E-state index contributed by atoms with van der Waals surface area (Å²) >= 11 is 1.03. The number of aliphatic hydroxyl groups is 1. The number of ether oxygens (including phenoxy) is 1. The molecular formula is C27H28F3N5O2S. The van der Waals surface area contributed by atoms with Crippen LogP contribution in [-0.2, 0) is 13.0 Å². The van der Waals surface area contributed by atoms with Gasteiger partial charge in [-0.3, -0.25) is 4.98 Å². The zero-order chi connectivity index (χ0) is 26.7. The third-order valence-electron chi connectivity index (χ3n) is 6.61. The lowest BCUT2D eigenvalue weighted by Gasteiger charge is -2.34. The van der Waals surface area contributed by atoms with Crippen LogP contribution in [0.15, 0.2) is 55.1 Å². The van der Waals surface area contributed by atoms with E-state index in [0.29, 0.717) is 41.2 Å². The van der Waals surface area contributed by atoms with Gasteiger partial charge in [0.25, 0.3) is 0 Å². The van der Waals surface area contributed by atoms with Crippen LogP contribution in [0.3, 0.4) is 0 Å². The van der Waals surface area contributed by atoms with Gasteiger partial charge in [0.05, 0.1) is 31.2 Å². The van der Waals surface area contributed by atoms with Crippen LogP contribution in [0.5, 0.6) is 5.75 Å². The zero-order valence-corrected chi connectivity index (χ0v) is 21.5. The molecule has 1 fully saturated rings. The van der Waals surface area contributed by atoms with Crippen molar-refractivity contribution < 1.29 is 23.0 Å². The topological polar surface area (TPSA) is 92.2 Å². The Morgan fingerprint density at radius 3 is 2.58 bits per heavy atom. The summed E-state index contributed by atoms with van der Waals surface area (Å²) in [6.45, 7) is 0.643. The van der Waals surface area contributed by atoms with Crippen molar-refractivity contribution in [3.8, 4) is 16.9 Å². The highest BCUT2D eigenvalue weighted by Gasteiger charge is 2.30. The number of aliphatic hydroxyl groups excluding tert-OH is 1. The number of hydrogen-bond donors (Lipinski definition) is 3. The minimum absolute atomic E-state index is 0.0686. The number of rotatable bonds is 8. The molecule has 1 aliphatic carbocycles. The van der Waals surface area contributed by atoms with Crippen molar-refractivity contribution in [1.29, 1.82) is 0 Å². The Morgan fingerprint density at radius 1 is 1.03 bits per heavy atom. The van der Waals surface area contributed by atoms with Crippen LogP contribution in [0.1, 0.15) is 29.7 Å². The molecule has 0 amide bonds. The predicted molar refractivity (Wildman–Crippen MR) is 141 cm³/mol. The van der Waals surface area contributed by atoms with Gasteiger partial charge >= 0.3 is 6.18 Å². The summed E-state index contributed by atoms with van der Waals surface area (Å²) in [5, 5.41) is 18.0. The number of anilines is 1. The molecule has 7 nitrogen and oxygen atoms in total. The van der Waals surface area contributed by atoms with Crippen LogP contribution in [0.4, 0.5) is 19.0 Å². The van der Waals surface area contributed by atoms with Gasteiger partial charge in [-0.15, -0.1) is 11.3 Å². The Bertz CT molecular complexity index is 1380. The van der Waals surface area contributed by atoms with E-state index in [0.717, 1.165) is 34.4 Å². The Kier molecular flexibility index (Phi) is 7.78. The Labute approximate surface area is 222 Å². The highest BCUT2D eigenvalue weighted by atomic mass is 32.1. The summed E-state index contributed by atoms with van der Waals surface area (Å²) in [5.41, 5.74) is 3.13. The second-order valence-electron chi connectivity index (χ2n) is 9.54. The first-order valence-corrected chi connectivity index (χ1v) is 13.1. The molecule has 4 aromatic rings. The summed E-state index contributed by atoms with van der Waals surface area (Å²) in [5.74, 6) is 1.20. The highest BCUT2D eigenvalue weighted by Crippen LogP contribution is 2.33. The molecule has 3 heterocycles. The van der Waals surface area contributed by atoms with Gasteiger partial charge in [0.15, 0.2) is 0 Å². The first kappa shape index (κ1) is 26.3. The molecule has 1 aliphatic rings. The van der Waals surface area contributed by atoms with Gasteiger partial charge < -0.3 is 20.5 Å². The maximum absolute atomic E-state index is 12.9. The van der Waals surface area contributed by atoms with Crippen molar-refractivity contribution >= 4 is 27.4 Å². The van der Waals surface area contributed by atoms with Gasteiger partial charge in [-0.2, -0.15) is 13.2 Å². The van der Waals surface area contributed by atoms with E-state index in [1.165, 1.54) is 12.4 Å². The van der Waals surface area contributed by atoms with Gasteiger partial charge in [0, 0.05) is 35.3 Å². The molecule has 11 heteroatoms. The molecule has 5 rings (SSSR count). The van der Waals surface area contributed by atoms with Crippen molar-refractivity contribution in [3.05, 3.63) is 65.6 Å². The van der Waals surface area contributed by atoms with Gasteiger partial charge in [0.1, 0.15) is 22.7 Å². The van der Waals surface area contributed by atoms with E-state index < -0.39 is 18.7 Å². The van der Waals surface area contributed by atoms with E-state index in [2.05, 4.69) is 37.7 Å². The summed E-state index contributed by atoms with van der Waals surface area (Å²) in [4.78, 5) is 13.4. The molecule has 3 N–H and O–H groups in total. The Morgan fingerprint density at radius 2 is 1.82 bits per heavy atom. The number of hydrogen-bond acceptors (Lipinski definition) is 8. The number of nitrogens with one attached hydrogen (secondary N) is 2. The average Bonchev–Trinajstić information content (AvgIpc) is 3.29. The van der Waals surface area contributed by atoms with E-state index in [4.69, 9.17) is 4.74 Å². The second kappa shape index (κ2) is 11.2. The average molecular weight is 544 g/mol. The van der Waals surface area contributed by atoms with E-state index in [-0.39, 0.29) is 17.0 Å². The Balaban J connectivity index is 1.21. The number of alkyl halides is 3. The number of aromatic nitrogens is 3. The summed E-state index contributed by atoms with van der Waals surface area (Å²) in [7, 11) is 1.61. The summed E-state index contributed by atoms with van der Waals surface area (Å²) < 4.78 is 43.8. The maximum Gasteiger partial charge on any atom is 0.393 e. The number of thiophene rings is 1. The summed E-state index contributed by atoms with van der Waals surface area (Å²) in [6.07, 6.45) is 0.967. The lowest BCUT2D eigenvalue weighted by atomic mass is 9.88. The lowest BCUT2D eigenvalue weighted by molar-refractivity contribution is -0.126. The molecule has 0 aliphatic heterocycles. The zero-order valence-electron chi connectivity index (χ0n) is 20.7. The number of pyridine rings is 1. The number of halogens is 3. The molecular weight excluding hydrogens is 515 g/mol. The fourth-order valence-electron chi connectivity index (χ4n) is 4.84. The van der Waals surface area contributed by atoms with Crippen molar-refractivity contribution in [2.24, 2.45) is 0 Å². The quantitative estimate of drug-likeness (QED) is 0.276. The molecule has 1 saturated carbocycles. The van der Waals surface area contributed by atoms with Crippen molar-refractivity contribution in [3.63, 3.8) is 0 Å². The van der Waals surface area contributed by atoms with Crippen LogP contribution in [0, 0.1) is 0 Å². The number of benzene rings is 1. The van der Waals surface area contributed by atoms with Gasteiger partial charge in [-0.1, -0.05) is 24.3 Å². The molecule has 3 aromatic heterocycles. The number of methoxy groups -OCH3 is 1. The fraction of sp³-hybridized carbons (Fsp3) is 0.370. The molecule has 0 saturated heterocycles. The van der Waals surface area contributed by atoms with Crippen molar-refractivity contribution in [2.75, 3.05) is 12.4 Å². The molecule has 0 bridgehead atoms. The minimum Gasteiger partial charge on any atom is -0.495 e. The summed E-state index contributed by atoms with van der Waals surface area (Å²) in [6, 6.07) is 11.6. The first-order chi connectivity index (χ1) is 18.3. The van der Waals surface area contributed by atoms with Gasteiger partial charge in [0.2, 0.25) is 0 Å². The number of nitrogens with zero attached hydrogens (tertiary/aromatic N) is 3. The SMILES string of the molecule is COc1cncc(-c2ccc(CN[C@H]3C[C@@H](O)C[C@@H](Nc4ncnc5sc(CC(F)(F)F)cc45)C3)cc2)c1. The second-order valence-corrected chi connectivity index (χ2v) is 10.7. The van der Waals surface area contributed by atoms with Crippen LogP contribution in [0.25, 0.3) is 21.3 Å². The van der Waals surface area contributed by atoms with Gasteiger partial charge in [-0.05, 0) is 42.5 Å². The van der Waals surface area contributed by atoms with Crippen molar-refractivity contribution in [2.45, 2.75) is 56.6 Å². The fourth-order valence-corrected chi connectivity index (χ4v) is 5.86. The van der Waals surface area contributed by atoms with E-state index >= 15 is 0 Å². The molecule has 3 atom stereocenters. The number of fused-ring (bicyclic) bond motifs is 1. The van der Waals surface area contributed by atoms with Gasteiger partial charge in [-0.25, -0.2) is 9.97 Å². The predicted octanol–water partition coefficient (Wildman–Crippen LogP) is 5.35. The molecule has 38 heavy (non-hydrogen) atoms. The van der Waals surface area contributed by atoms with Crippen LogP contribution in [-0.4, -0.2) is 51.5 Å². The third-order valence-corrected chi connectivity index (χ3v) is 7.65. The highest BCUT2D eigenvalue weighted by molar-refractivity contribution is 7.18. The van der Waals surface area contributed by atoms with Crippen LogP contribution >= 0.6 is 11.3 Å². The Hall–Kier alpha value is -3.28. The third kappa shape index (κ3) is 6.58. The minimum atomic E-state index is -4.28. The van der Waals surface area contributed by atoms with E-state index in [1.807, 2.05) is 18.2 Å². The van der Waals surface area contributed by atoms with E-state index in [1.54, 1.807) is 19.5 Å². The normalized spacial score (nSPS) is 20.0. The van der Waals surface area contributed by atoms with Crippen LogP contribution < -0.4 is 15.4 Å². The monoisotopic (exact) mass is 543 g/mol. The largest absolute Gasteiger partial charge is 0.495 e. The van der Waals surface area contributed by atoms with Crippen molar-refractivity contribution in [1.82, 2.24) is 20.3 Å². The standard InChI is InChI=1S/C27H28F3N5O2S/c1-37-22-6-18(13-31-14-22)17-4-2-16(3-5-17)12-32-19-7-20(9-21(36)8-19)35-25-24-10-23(11-27(28,29)30)38-26(24)34-15-33-25/h2-6,10,13-15,19-21,32,36H,7-9,11-12H2,1H3,(H,33,34,35)/t19-,20+,21-/m1/s1. The molecule has 1 aromatic carbocycles. The molecule has 200 valence electrons. The maximum atomic E-state index is 12.9. The molecule has 0 radical (unpaired) electrons. The molecule has 0 unspecified atom stereocenters. The molecule has 0 spiro atoms. The smallest absolute Gasteiger partial charge is 0.393 e. The van der Waals surface area contributed by atoms with Crippen LogP contribution in [0.2, 0.25) is 0 Å². The van der Waals surface area contributed by atoms with E-state index in [9.17, 15) is 18.3 Å². The lowest BCUT2D eigenvalue weighted by Crippen LogP contribution is -2.43. The first-order valence-electron chi connectivity index (χ1n) is 12.3.